The summed E-state index contributed by atoms with van der Waals surface area (Å²) in [4.78, 5) is 11.8. The van der Waals surface area contributed by atoms with Gasteiger partial charge in [-0.3, -0.25) is 0 Å². The molecule has 0 atom stereocenters. The third-order valence-electron chi connectivity index (χ3n) is 2.73. The highest BCUT2D eigenvalue weighted by molar-refractivity contribution is 5.95. The van der Waals surface area contributed by atoms with Crippen molar-refractivity contribution in [1.29, 1.82) is 5.26 Å². The van der Waals surface area contributed by atoms with E-state index in [9.17, 15) is 9.18 Å². The van der Waals surface area contributed by atoms with Gasteiger partial charge >= 0.3 is 5.97 Å². The summed E-state index contributed by atoms with van der Waals surface area (Å²) in [6, 6.07) is 12.2. The van der Waals surface area contributed by atoms with Crippen LogP contribution in [0.1, 0.15) is 21.5 Å². The fourth-order valence-electron chi connectivity index (χ4n) is 1.68. The number of hydrogen-bond donors (Lipinski definition) is 1. The summed E-state index contributed by atoms with van der Waals surface area (Å²) in [6.07, 6.45) is 0. The van der Waals surface area contributed by atoms with E-state index in [0.717, 1.165) is 12.1 Å². The summed E-state index contributed by atoms with van der Waals surface area (Å²) in [7, 11) is 0. The first kappa shape index (κ1) is 13.6. The van der Waals surface area contributed by atoms with Gasteiger partial charge in [0.05, 0.1) is 17.2 Å². The van der Waals surface area contributed by atoms with Crippen LogP contribution in [0.15, 0.2) is 42.5 Å². The molecule has 0 heterocycles. The van der Waals surface area contributed by atoms with E-state index in [4.69, 9.17) is 15.7 Å². The number of benzene rings is 2. The molecule has 0 spiro atoms. The average Bonchev–Trinajstić information content (AvgIpc) is 2.47. The standard InChI is InChI=1S/C15H11FN2O2/c16-12-5-6-14(18)13(7-12)15(19)20-9-11-4-2-1-3-10(11)8-17/h1-7H,9,18H2. The van der Waals surface area contributed by atoms with E-state index in [0.29, 0.717) is 11.1 Å². The number of nitriles is 1. The molecule has 0 saturated carbocycles. The Balaban J connectivity index is 2.13. The van der Waals surface area contributed by atoms with Gasteiger partial charge in [-0.05, 0) is 24.3 Å². The number of anilines is 1. The molecule has 0 unspecified atom stereocenters. The summed E-state index contributed by atoms with van der Waals surface area (Å²) in [5.41, 5.74) is 6.72. The van der Waals surface area contributed by atoms with E-state index >= 15 is 0 Å². The molecule has 0 fully saturated rings. The maximum Gasteiger partial charge on any atom is 0.340 e. The molecule has 0 radical (unpaired) electrons. The van der Waals surface area contributed by atoms with E-state index < -0.39 is 11.8 Å². The smallest absolute Gasteiger partial charge is 0.340 e. The Morgan fingerprint density at radius 2 is 2.05 bits per heavy atom. The second-order valence-corrected chi connectivity index (χ2v) is 4.08. The molecule has 0 amide bonds. The summed E-state index contributed by atoms with van der Waals surface area (Å²) >= 11 is 0. The zero-order valence-electron chi connectivity index (χ0n) is 10.5. The van der Waals surface area contributed by atoms with Crippen LogP contribution in [0.2, 0.25) is 0 Å². The molecule has 4 nitrogen and oxygen atoms in total. The second kappa shape index (κ2) is 5.85. The molecule has 2 rings (SSSR count). The van der Waals surface area contributed by atoms with Crippen molar-refractivity contribution in [1.82, 2.24) is 0 Å². The van der Waals surface area contributed by atoms with E-state index in [1.165, 1.54) is 6.07 Å². The molecule has 0 aliphatic carbocycles. The Morgan fingerprint density at radius 3 is 2.80 bits per heavy atom. The highest BCUT2D eigenvalue weighted by atomic mass is 19.1. The van der Waals surface area contributed by atoms with Crippen molar-refractivity contribution in [3.8, 4) is 6.07 Å². The van der Waals surface area contributed by atoms with E-state index in [2.05, 4.69) is 0 Å². The van der Waals surface area contributed by atoms with Crippen molar-refractivity contribution in [3.63, 3.8) is 0 Å². The maximum absolute atomic E-state index is 13.1. The number of nitrogen functional groups attached to an aromatic ring is 1. The predicted molar refractivity (Wildman–Crippen MR) is 71.1 cm³/mol. The Hall–Kier alpha value is -2.87. The zero-order chi connectivity index (χ0) is 14.5. The number of carbonyl (C=O) groups is 1. The fraction of sp³-hybridized carbons (Fsp3) is 0.0667. The fourth-order valence-corrected chi connectivity index (χ4v) is 1.68. The largest absolute Gasteiger partial charge is 0.457 e. The van der Waals surface area contributed by atoms with Gasteiger partial charge in [0.15, 0.2) is 0 Å². The van der Waals surface area contributed by atoms with Crippen molar-refractivity contribution >= 4 is 11.7 Å². The molecule has 0 saturated heterocycles. The minimum Gasteiger partial charge on any atom is -0.457 e. The molecule has 0 aliphatic rings. The van der Waals surface area contributed by atoms with Gasteiger partial charge in [-0.2, -0.15) is 5.26 Å². The van der Waals surface area contributed by atoms with Gasteiger partial charge in [0, 0.05) is 11.3 Å². The number of rotatable bonds is 3. The van der Waals surface area contributed by atoms with Gasteiger partial charge in [0.25, 0.3) is 0 Å². The van der Waals surface area contributed by atoms with Crippen LogP contribution in [-0.2, 0) is 11.3 Å². The molecule has 0 bridgehead atoms. The quantitative estimate of drug-likeness (QED) is 0.687. The monoisotopic (exact) mass is 270 g/mol. The Bertz CT molecular complexity index is 693. The van der Waals surface area contributed by atoms with Gasteiger partial charge in [0.1, 0.15) is 12.4 Å². The molecule has 2 aromatic rings. The first-order valence-corrected chi connectivity index (χ1v) is 5.82. The van der Waals surface area contributed by atoms with Crippen molar-refractivity contribution in [2.24, 2.45) is 0 Å². The van der Waals surface area contributed by atoms with E-state index in [1.54, 1.807) is 24.3 Å². The zero-order valence-corrected chi connectivity index (χ0v) is 10.5. The minimum atomic E-state index is -0.727. The van der Waals surface area contributed by atoms with Gasteiger partial charge < -0.3 is 10.5 Å². The lowest BCUT2D eigenvalue weighted by Gasteiger charge is -2.08. The number of halogens is 1. The topological polar surface area (TPSA) is 76.1 Å². The molecule has 0 aliphatic heterocycles. The van der Waals surface area contributed by atoms with Crippen molar-refractivity contribution in [3.05, 3.63) is 65.0 Å². The van der Waals surface area contributed by atoms with Crippen LogP contribution in [-0.4, -0.2) is 5.97 Å². The number of carbonyl (C=O) groups excluding carboxylic acids is 1. The van der Waals surface area contributed by atoms with E-state index in [-0.39, 0.29) is 17.9 Å². The SMILES string of the molecule is N#Cc1ccccc1COC(=O)c1cc(F)ccc1N. The lowest BCUT2D eigenvalue weighted by Crippen LogP contribution is -2.09. The number of nitrogens with two attached hydrogens (primary N) is 1. The summed E-state index contributed by atoms with van der Waals surface area (Å²) < 4.78 is 18.1. The molecule has 5 heteroatoms. The average molecular weight is 270 g/mol. The minimum absolute atomic E-state index is 0.0283. The number of hydrogen-bond acceptors (Lipinski definition) is 4. The first-order valence-electron chi connectivity index (χ1n) is 5.82. The Labute approximate surface area is 115 Å². The summed E-state index contributed by atoms with van der Waals surface area (Å²) in [6.45, 7) is -0.0709. The molecule has 2 N–H and O–H groups in total. The molecule has 0 aromatic heterocycles. The summed E-state index contributed by atoms with van der Waals surface area (Å²) in [5, 5.41) is 8.92. The second-order valence-electron chi connectivity index (χ2n) is 4.08. The van der Waals surface area contributed by atoms with Crippen LogP contribution in [0.5, 0.6) is 0 Å². The molecule has 20 heavy (non-hydrogen) atoms. The highest BCUT2D eigenvalue weighted by Crippen LogP contribution is 2.16. The predicted octanol–water partition coefficient (Wildman–Crippen LogP) is 2.64. The number of ether oxygens (including phenoxy) is 1. The van der Waals surface area contributed by atoms with Crippen molar-refractivity contribution < 1.29 is 13.9 Å². The third kappa shape index (κ3) is 2.93. The Morgan fingerprint density at radius 1 is 1.30 bits per heavy atom. The van der Waals surface area contributed by atoms with Crippen molar-refractivity contribution in [2.45, 2.75) is 6.61 Å². The first-order chi connectivity index (χ1) is 9.61. The van der Waals surface area contributed by atoms with Crippen LogP contribution in [0.25, 0.3) is 0 Å². The van der Waals surface area contributed by atoms with Gasteiger partial charge in [-0.15, -0.1) is 0 Å². The van der Waals surface area contributed by atoms with Gasteiger partial charge in [0.2, 0.25) is 0 Å². The molecule has 2 aromatic carbocycles. The van der Waals surface area contributed by atoms with E-state index in [1.807, 2.05) is 6.07 Å². The van der Waals surface area contributed by atoms with Crippen molar-refractivity contribution in [2.75, 3.05) is 5.73 Å². The number of esters is 1. The number of nitrogens with zero attached hydrogens (tertiary/aromatic N) is 1. The third-order valence-corrected chi connectivity index (χ3v) is 2.73. The van der Waals surface area contributed by atoms with Crippen LogP contribution in [0, 0.1) is 17.1 Å². The van der Waals surface area contributed by atoms with Gasteiger partial charge in [-0.1, -0.05) is 18.2 Å². The normalized spacial score (nSPS) is 9.80. The summed E-state index contributed by atoms with van der Waals surface area (Å²) in [5.74, 6) is -1.29. The lowest BCUT2D eigenvalue weighted by atomic mass is 10.1. The molecular weight excluding hydrogens is 259 g/mol. The lowest BCUT2D eigenvalue weighted by molar-refractivity contribution is 0.0473. The molecule has 100 valence electrons. The van der Waals surface area contributed by atoms with Crippen LogP contribution >= 0.6 is 0 Å². The van der Waals surface area contributed by atoms with Crippen LogP contribution in [0.3, 0.4) is 0 Å². The van der Waals surface area contributed by atoms with Gasteiger partial charge in [-0.25, -0.2) is 9.18 Å². The highest BCUT2D eigenvalue weighted by Gasteiger charge is 2.13. The van der Waals surface area contributed by atoms with Crippen LogP contribution in [0.4, 0.5) is 10.1 Å². The Kier molecular flexibility index (Phi) is 3.96. The molecular formula is C15H11FN2O2. The maximum atomic E-state index is 13.1. The van der Waals surface area contributed by atoms with Crippen LogP contribution < -0.4 is 5.73 Å².